The van der Waals surface area contributed by atoms with E-state index >= 15 is 0 Å². The summed E-state index contributed by atoms with van der Waals surface area (Å²) in [4.78, 5) is 21.1. The third-order valence-electron chi connectivity index (χ3n) is 2.06. The number of quaternary nitrogens is 1. The molecule has 0 amide bonds. The number of hydrogen-bond donors (Lipinski definition) is 3. The molecule has 1 radical (unpaired) electrons. The molecule has 121 valence electrons. The topological polar surface area (TPSA) is 200 Å². The smallest absolute Gasteiger partial charge is 0.502 e. The fourth-order valence-electron chi connectivity index (χ4n) is 1.01. The molecule has 0 aliphatic rings. The SMILES string of the molecule is Cc1occc(=O)c1O.Cc1occc(=O)c1O.O.O.[NH4+].[V+4]. The van der Waals surface area contributed by atoms with Gasteiger partial charge in [0.15, 0.2) is 0 Å². The Kier molecular flexibility index (Phi) is 16.2. The first kappa shape index (κ1) is 28.2. The van der Waals surface area contributed by atoms with Crippen molar-refractivity contribution in [2.75, 3.05) is 0 Å². The van der Waals surface area contributed by atoms with Gasteiger partial charge in [-0.15, -0.1) is 0 Å². The van der Waals surface area contributed by atoms with Crippen LogP contribution in [-0.2, 0) is 18.6 Å². The minimum atomic E-state index is -0.404. The third-order valence-corrected chi connectivity index (χ3v) is 2.06. The second kappa shape index (κ2) is 12.7. The average molecular weight is 357 g/mol. The molecule has 0 unspecified atom stereocenters. The normalized spacial score (nSPS) is 7.73. The minimum Gasteiger partial charge on any atom is -0.502 e. The Labute approximate surface area is 137 Å². The van der Waals surface area contributed by atoms with E-state index in [0.29, 0.717) is 0 Å². The van der Waals surface area contributed by atoms with E-state index in [1.54, 1.807) is 0 Å². The summed E-state index contributed by atoms with van der Waals surface area (Å²) in [5.74, 6) is -0.111. The molecule has 10 heteroatoms. The van der Waals surface area contributed by atoms with Gasteiger partial charge in [0, 0.05) is 12.1 Å². The quantitative estimate of drug-likeness (QED) is 0.593. The van der Waals surface area contributed by atoms with Crippen LogP contribution in [0.1, 0.15) is 11.5 Å². The summed E-state index contributed by atoms with van der Waals surface area (Å²) in [5.41, 5.74) is -0.808. The van der Waals surface area contributed by atoms with Crippen molar-refractivity contribution >= 4 is 0 Å². The fourth-order valence-corrected chi connectivity index (χ4v) is 1.01. The maximum absolute atomic E-state index is 10.5. The first-order chi connectivity index (χ1) is 8.43. The van der Waals surface area contributed by atoms with Gasteiger partial charge in [-0.2, -0.15) is 0 Å². The van der Waals surface area contributed by atoms with Crippen LogP contribution in [0.5, 0.6) is 11.5 Å². The number of rotatable bonds is 0. The van der Waals surface area contributed by atoms with Crippen molar-refractivity contribution in [3.05, 3.63) is 56.6 Å². The van der Waals surface area contributed by atoms with Crippen molar-refractivity contribution in [3.63, 3.8) is 0 Å². The molecule has 0 saturated heterocycles. The van der Waals surface area contributed by atoms with Crippen molar-refractivity contribution in [2.45, 2.75) is 13.8 Å². The van der Waals surface area contributed by atoms with E-state index in [2.05, 4.69) is 8.83 Å². The van der Waals surface area contributed by atoms with Crippen LogP contribution in [0.15, 0.2) is 43.1 Å². The van der Waals surface area contributed by atoms with Gasteiger partial charge >= 0.3 is 18.6 Å². The molecular weight excluding hydrogens is 337 g/mol. The van der Waals surface area contributed by atoms with Crippen molar-refractivity contribution in [1.82, 2.24) is 6.15 Å². The molecule has 0 aromatic carbocycles. The molecule has 10 N–H and O–H groups in total. The molecule has 0 atom stereocenters. The van der Waals surface area contributed by atoms with Gasteiger partial charge in [-0.05, 0) is 13.8 Å². The van der Waals surface area contributed by atoms with Crippen molar-refractivity contribution in [1.29, 1.82) is 0 Å². The van der Waals surface area contributed by atoms with Gasteiger partial charge in [0.1, 0.15) is 11.5 Å². The van der Waals surface area contributed by atoms with Crippen molar-refractivity contribution < 1.29 is 48.6 Å². The standard InChI is InChI=1S/2C6H6O3.H3N.2H2O.V/c2*1-4-6(8)5(7)2-3-9-4;;;;/h2*2-3,8H,1H3;1H3;2*1H2;/q;;;;;+4/p+1. The van der Waals surface area contributed by atoms with E-state index in [9.17, 15) is 9.59 Å². The summed E-state index contributed by atoms with van der Waals surface area (Å²) in [6.07, 6.45) is 2.49. The van der Waals surface area contributed by atoms with Gasteiger partial charge < -0.3 is 36.2 Å². The van der Waals surface area contributed by atoms with Gasteiger partial charge in [0.25, 0.3) is 0 Å². The molecule has 0 aliphatic carbocycles. The third kappa shape index (κ3) is 7.67. The maximum atomic E-state index is 10.5. The molecular formula is C12H20NO8V+5. The number of aryl methyl sites for hydroxylation is 2. The summed E-state index contributed by atoms with van der Waals surface area (Å²) >= 11 is 0. The van der Waals surface area contributed by atoms with Crippen LogP contribution in [0.4, 0.5) is 0 Å². The molecule has 0 fully saturated rings. The monoisotopic (exact) mass is 357 g/mol. The van der Waals surface area contributed by atoms with Crippen LogP contribution in [-0.4, -0.2) is 21.2 Å². The largest absolute Gasteiger partial charge is 4.00 e. The molecule has 22 heavy (non-hydrogen) atoms. The summed E-state index contributed by atoms with van der Waals surface area (Å²) in [5, 5.41) is 17.6. The van der Waals surface area contributed by atoms with Crippen LogP contribution in [0, 0.1) is 13.8 Å². The predicted octanol–water partition coefficient (Wildman–Crippen LogP) is 0.0319. The van der Waals surface area contributed by atoms with Gasteiger partial charge in [0.05, 0.1) is 12.5 Å². The van der Waals surface area contributed by atoms with Crippen molar-refractivity contribution in [3.8, 4) is 11.5 Å². The fraction of sp³-hybridized carbons (Fsp3) is 0.167. The molecule has 0 saturated carbocycles. The Hall–Kier alpha value is -2.04. The minimum absolute atomic E-state index is 0. The first-order valence-corrected chi connectivity index (χ1v) is 4.98. The molecule has 2 heterocycles. The van der Waals surface area contributed by atoms with E-state index in [4.69, 9.17) is 10.2 Å². The van der Waals surface area contributed by atoms with E-state index < -0.39 is 10.9 Å². The van der Waals surface area contributed by atoms with E-state index in [1.807, 2.05) is 0 Å². The summed E-state index contributed by atoms with van der Waals surface area (Å²) < 4.78 is 9.38. The molecule has 2 rings (SSSR count). The Bertz CT molecular complexity index is 595. The second-order valence-electron chi connectivity index (χ2n) is 3.38. The number of aromatic hydroxyl groups is 2. The zero-order valence-electron chi connectivity index (χ0n) is 12.3. The molecule has 2 aromatic rings. The summed E-state index contributed by atoms with van der Waals surface area (Å²) in [6.45, 7) is 3.05. The van der Waals surface area contributed by atoms with Crippen molar-refractivity contribution in [2.24, 2.45) is 0 Å². The molecule has 0 aliphatic heterocycles. The zero-order valence-corrected chi connectivity index (χ0v) is 13.7. The van der Waals surface area contributed by atoms with Crippen LogP contribution in [0.25, 0.3) is 0 Å². The Morgan fingerprint density at radius 2 is 1.09 bits per heavy atom. The van der Waals surface area contributed by atoms with Crippen LogP contribution in [0.3, 0.4) is 0 Å². The number of hydrogen-bond acceptors (Lipinski definition) is 6. The van der Waals surface area contributed by atoms with E-state index in [0.717, 1.165) is 0 Å². The Morgan fingerprint density at radius 1 is 0.818 bits per heavy atom. The van der Waals surface area contributed by atoms with Gasteiger partial charge in [0.2, 0.25) is 22.4 Å². The zero-order chi connectivity index (χ0) is 13.7. The van der Waals surface area contributed by atoms with Gasteiger partial charge in [-0.1, -0.05) is 0 Å². The maximum Gasteiger partial charge on any atom is 4.00 e. The van der Waals surface area contributed by atoms with Crippen LogP contribution >= 0.6 is 0 Å². The second-order valence-corrected chi connectivity index (χ2v) is 3.38. The molecule has 0 spiro atoms. The Balaban J connectivity index is -0.000000125. The first-order valence-electron chi connectivity index (χ1n) is 4.98. The van der Waals surface area contributed by atoms with E-state index in [-0.39, 0.29) is 58.7 Å². The van der Waals surface area contributed by atoms with Gasteiger partial charge in [-0.25, -0.2) is 0 Å². The molecule has 2 aromatic heterocycles. The predicted molar refractivity (Wildman–Crippen MR) is 76.0 cm³/mol. The van der Waals surface area contributed by atoms with Crippen LogP contribution < -0.4 is 17.0 Å². The van der Waals surface area contributed by atoms with Crippen LogP contribution in [0.2, 0.25) is 0 Å². The average Bonchev–Trinajstić information content (AvgIpc) is 2.34. The molecule has 0 bridgehead atoms. The Morgan fingerprint density at radius 3 is 1.27 bits per heavy atom. The molecule has 9 nitrogen and oxygen atoms in total. The summed E-state index contributed by atoms with van der Waals surface area (Å²) in [7, 11) is 0. The van der Waals surface area contributed by atoms with E-state index in [1.165, 1.54) is 38.5 Å². The van der Waals surface area contributed by atoms with Gasteiger partial charge in [-0.3, -0.25) is 9.59 Å². The summed E-state index contributed by atoms with van der Waals surface area (Å²) in [6, 6.07) is 2.34.